The molecule has 1 aromatic carbocycles. The quantitative estimate of drug-likeness (QED) is 0.787. The third-order valence-corrected chi connectivity index (χ3v) is 3.13. The van der Waals surface area contributed by atoms with Crippen molar-refractivity contribution in [2.75, 3.05) is 0 Å². The van der Waals surface area contributed by atoms with Gasteiger partial charge in [-0.2, -0.15) is 0 Å². The van der Waals surface area contributed by atoms with Crippen LogP contribution in [0.25, 0.3) is 22.2 Å². The molecular weight excluding hydrogens is 250 g/mol. The minimum Gasteiger partial charge on any atom is -0.464 e. The number of para-hydroxylation sites is 1. The molecule has 2 aromatic heterocycles. The van der Waals surface area contributed by atoms with E-state index in [1.165, 1.54) is 0 Å². The van der Waals surface area contributed by atoms with Crippen LogP contribution in [0, 0.1) is 0 Å². The van der Waals surface area contributed by atoms with Crippen LogP contribution in [-0.4, -0.2) is 16.0 Å². The largest absolute Gasteiger partial charge is 0.464 e. The van der Waals surface area contributed by atoms with E-state index in [0.717, 1.165) is 28.1 Å². The maximum absolute atomic E-state index is 5.57. The van der Waals surface area contributed by atoms with Crippen LogP contribution in [0.4, 0.5) is 0 Å². The van der Waals surface area contributed by atoms with Gasteiger partial charge in [0, 0.05) is 23.2 Å². The Kier molecular flexibility index (Phi) is 3.48. The summed E-state index contributed by atoms with van der Waals surface area (Å²) in [5, 5.41) is 4.40. The molecule has 0 atom stereocenters. The molecule has 0 saturated heterocycles. The van der Waals surface area contributed by atoms with Crippen LogP contribution in [0.3, 0.4) is 0 Å². The molecule has 0 aliphatic heterocycles. The Morgan fingerprint density at radius 3 is 2.90 bits per heavy atom. The molecule has 0 unspecified atom stereocenters. The van der Waals surface area contributed by atoms with Gasteiger partial charge >= 0.3 is 0 Å². The standard InChI is InChI=1S/C16H17N3O/c1-11(2)18-9-16-17-8-7-14(19-16)13-10-20-15-6-4-3-5-12(13)15/h3-8,10-11,18H,9H2,1-2H3. The van der Waals surface area contributed by atoms with E-state index in [2.05, 4.69) is 29.1 Å². The zero-order chi connectivity index (χ0) is 13.9. The van der Waals surface area contributed by atoms with Gasteiger partial charge in [0.15, 0.2) is 0 Å². The summed E-state index contributed by atoms with van der Waals surface area (Å²) in [4.78, 5) is 8.90. The van der Waals surface area contributed by atoms with Gasteiger partial charge in [-0.15, -0.1) is 0 Å². The summed E-state index contributed by atoms with van der Waals surface area (Å²) < 4.78 is 5.57. The molecule has 0 aliphatic rings. The van der Waals surface area contributed by atoms with Crippen LogP contribution in [0.1, 0.15) is 19.7 Å². The molecule has 0 radical (unpaired) electrons. The first-order valence-electron chi connectivity index (χ1n) is 6.76. The number of aromatic nitrogens is 2. The van der Waals surface area contributed by atoms with Gasteiger partial charge in [-0.1, -0.05) is 32.0 Å². The second-order valence-electron chi connectivity index (χ2n) is 5.04. The average Bonchev–Trinajstić information content (AvgIpc) is 2.89. The van der Waals surface area contributed by atoms with Crippen LogP contribution in [0.15, 0.2) is 47.2 Å². The molecule has 3 aromatic rings. The fourth-order valence-corrected chi connectivity index (χ4v) is 2.11. The van der Waals surface area contributed by atoms with Crippen molar-refractivity contribution in [1.82, 2.24) is 15.3 Å². The van der Waals surface area contributed by atoms with Gasteiger partial charge in [0.2, 0.25) is 0 Å². The Labute approximate surface area is 117 Å². The number of benzene rings is 1. The van der Waals surface area contributed by atoms with Gasteiger partial charge < -0.3 is 9.73 Å². The number of hydrogen-bond donors (Lipinski definition) is 1. The monoisotopic (exact) mass is 267 g/mol. The van der Waals surface area contributed by atoms with Gasteiger partial charge in [0.05, 0.1) is 12.2 Å². The Bertz CT molecular complexity index is 718. The van der Waals surface area contributed by atoms with Crippen molar-refractivity contribution >= 4 is 11.0 Å². The summed E-state index contributed by atoms with van der Waals surface area (Å²) in [7, 11) is 0. The van der Waals surface area contributed by atoms with Gasteiger partial charge in [0.1, 0.15) is 17.7 Å². The first-order valence-corrected chi connectivity index (χ1v) is 6.76. The number of rotatable bonds is 4. The maximum Gasteiger partial charge on any atom is 0.142 e. The van der Waals surface area contributed by atoms with Crippen molar-refractivity contribution in [3.05, 3.63) is 48.6 Å². The van der Waals surface area contributed by atoms with Crippen LogP contribution >= 0.6 is 0 Å². The molecule has 3 rings (SSSR count). The van der Waals surface area contributed by atoms with E-state index in [1.54, 1.807) is 12.5 Å². The van der Waals surface area contributed by atoms with Crippen LogP contribution < -0.4 is 5.32 Å². The molecule has 0 amide bonds. The molecule has 0 saturated carbocycles. The lowest BCUT2D eigenvalue weighted by atomic mass is 10.1. The summed E-state index contributed by atoms with van der Waals surface area (Å²) >= 11 is 0. The minimum atomic E-state index is 0.414. The van der Waals surface area contributed by atoms with E-state index in [-0.39, 0.29) is 0 Å². The molecular formula is C16H17N3O. The second-order valence-corrected chi connectivity index (χ2v) is 5.04. The van der Waals surface area contributed by atoms with Crippen LogP contribution in [0.5, 0.6) is 0 Å². The van der Waals surface area contributed by atoms with Crippen LogP contribution in [0.2, 0.25) is 0 Å². The Morgan fingerprint density at radius 1 is 1.20 bits per heavy atom. The number of nitrogens with one attached hydrogen (secondary N) is 1. The van der Waals surface area contributed by atoms with E-state index in [1.807, 2.05) is 30.3 Å². The summed E-state index contributed by atoms with van der Waals surface area (Å²) in [6, 6.07) is 10.3. The molecule has 4 nitrogen and oxygen atoms in total. The highest BCUT2D eigenvalue weighted by atomic mass is 16.3. The van der Waals surface area contributed by atoms with E-state index >= 15 is 0 Å². The minimum absolute atomic E-state index is 0.414. The van der Waals surface area contributed by atoms with Crippen molar-refractivity contribution < 1.29 is 4.42 Å². The smallest absolute Gasteiger partial charge is 0.142 e. The highest BCUT2D eigenvalue weighted by Crippen LogP contribution is 2.28. The van der Waals surface area contributed by atoms with Crippen molar-refractivity contribution in [2.24, 2.45) is 0 Å². The zero-order valence-electron chi connectivity index (χ0n) is 11.6. The summed E-state index contributed by atoms with van der Waals surface area (Å²) in [5.41, 5.74) is 2.78. The molecule has 0 aliphatic carbocycles. The number of hydrogen-bond acceptors (Lipinski definition) is 4. The van der Waals surface area contributed by atoms with E-state index in [0.29, 0.717) is 12.6 Å². The van der Waals surface area contributed by atoms with Crippen molar-refractivity contribution in [3.8, 4) is 11.3 Å². The molecule has 102 valence electrons. The highest BCUT2D eigenvalue weighted by Gasteiger charge is 2.09. The number of nitrogens with zero attached hydrogens (tertiary/aromatic N) is 2. The lowest BCUT2D eigenvalue weighted by Crippen LogP contribution is -2.23. The lowest BCUT2D eigenvalue weighted by Gasteiger charge is -2.07. The first kappa shape index (κ1) is 12.8. The Hall–Kier alpha value is -2.20. The molecule has 4 heteroatoms. The molecule has 20 heavy (non-hydrogen) atoms. The normalized spacial score (nSPS) is 11.3. The Morgan fingerprint density at radius 2 is 2.05 bits per heavy atom. The topological polar surface area (TPSA) is 51.0 Å². The average molecular weight is 267 g/mol. The van der Waals surface area contributed by atoms with Crippen molar-refractivity contribution in [1.29, 1.82) is 0 Å². The van der Waals surface area contributed by atoms with Gasteiger partial charge in [0.25, 0.3) is 0 Å². The SMILES string of the molecule is CC(C)NCc1nccc(-c2coc3ccccc23)n1. The fraction of sp³-hybridized carbons (Fsp3) is 0.250. The lowest BCUT2D eigenvalue weighted by molar-refractivity contribution is 0.572. The third kappa shape index (κ3) is 2.56. The van der Waals surface area contributed by atoms with E-state index < -0.39 is 0 Å². The van der Waals surface area contributed by atoms with Crippen LogP contribution in [-0.2, 0) is 6.54 Å². The van der Waals surface area contributed by atoms with E-state index in [9.17, 15) is 0 Å². The third-order valence-electron chi connectivity index (χ3n) is 3.13. The summed E-state index contributed by atoms with van der Waals surface area (Å²) in [6.45, 7) is 4.88. The predicted molar refractivity (Wildman–Crippen MR) is 79.2 cm³/mol. The number of fused-ring (bicyclic) bond motifs is 1. The molecule has 2 heterocycles. The second kappa shape index (κ2) is 5.43. The molecule has 0 bridgehead atoms. The fourth-order valence-electron chi connectivity index (χ4n) is 2.11. The van der Waals surface area contributed by atoms with Crippen molar-refractivity contribution in [3.63, 3.8) is 0 Å². The number of furan rings is 1. The zero-order valence-corrected chi connectivity index (χ0v) is 11.6. The Balaban J connectivity index is 1.95. The molecule has 0 spiro atoms. The summed E-state index contributed by atoms with van der Waals surface area (Å²) in [5.74, 6) is 0.793. The molecule has 1 N–H and O–H groups in total. The van der Waals surface area contributed by atoms with Gasteiger partial charge in [-0.05, 0) is 12.1 Å². The summed E-state index contributed by atoms with van der Waals surface area (Å²) in [6.07, 6.45) is 3.55. The highest BCUT2D eigenvalue weighted by molar-refractivity contribution is 5.92. The first-order chi connectivity index (χ1) is 9.74. The van der Waals surface area contributed by atoms with Crippen molar-refractivity contribution in [2.45, 2.75) is 26.4 Å². The van der Waals surface area contributed by atoms with Gasteiger partial charge in [-0.3, -0.25) is 0 Å². The maximum atomic E-state index is 5.57. The van der Waals surface area contributed by atoms with E-state index in [4.69, 9.17) is 4.42 Å². The van der Waals surface area contributed by atoms with Gasteiger partial charge in [-0.25, -0.2) is 9.97 Å². The predicted octanol–water partition coefficient (Wildman–Crippen LogP) is 3.39. The molecule has 0 fully saturated rings.